The highest BCUT2D eigenvalue weighted by Crippen LogP contribution is 2.23. The Hall–Kier alpha value is -1.59. The van der Waals surface area contributed by atoms with Gasteiger partial charge in [0.2, 0.25) is 17.8 Å². The molecule has 118 valence electrons. The van der Waals surface area contributed by atoms with Gasteiger partial charge in [0.1, 0.15) is 0 Å². The van der Waals surface area contributed by atoms with Crippen molar-refractivity contribution >= 4 is 17.8 Å². The van der Waals surface area contributed by atoms with Gasteiger partial charge in [0.15, 0.2) is 0 Å². The van der Waals surface area contributed by atoms with Crippen molar-refractivity contribution in [1.29, 1.82) is 0 Å². The van der Waals surface area contributed by atoms with E-state index in [1.807, 2.05) is 0 Å². The molecule has 2 rings (SSSR count). The molecule has 1 aromatic rings. The van der Waals surface area contributed by atoms with Gasteiger partial charge in [-0.3, -0.25) is 0 Å². The number of hydrogen-bond donors (Lipinski definition) is 1. The molecule has 0 radical (unpaired) electrons. The van der Waals surface area contributed by atoms with Crippen molar-refractivity contribution in [3.8, 4) is 0 Å². The van der Waals surface area contributed by atoms with Crippen molar-refractivity contribution in [1.82, 2.24) is 15.0 Å². The zero-order chi connectivity index (χ0) is 15.2. The van der Waals surface area contributed by atoms with E-state index in [1.54, 1.807) is 0 Å². The molecule has 1 fully saturated rings. The lowest BCUT2D eigenvalue weighted by Gasteiger charge is -2.22. The van der Waals surface area contributed by atoms with Crippen LogP contribution in [0.3, 0.4) is 0 Å². The van der Waals surface area contributed by atoms with Gasteiger partial charge in [0, 0.05) is 32.7 Å². The summed E-state index contributed by atoms with van der Waals surface area (Å²) in [6.07, 6.45) is 2.27. The van der Waals surface area contributed by atoms with Crippen LogP contribution in [-0.2, 0) is 0 Å². The molecule has 0 aliphatic carbocycles. The third-order valence-corrected chi connectivity index (χ3v) is 3.90. The molecule has 1 aliphatic heterocycles. The van der Waals surface area contributed by atoms with Crippen LogP contribution in [0.5, 0.6) is 0 Å². The molecular formula is C15H28N6. The smallest absolute Gasteiger partial charge is 0.231 e. The number of hydrogen-bond acceptors (Lipinski definition) is 6. The Morgan fingerprint density at radius 3 is 2.52 bits per heavy atom. The van der Waals surface area contributed by atoms with Gasteiger partial charge in [-0.15, -0.1) is 0 Å². The Bertz CT molecular complexity index is 446. The van der Waals surface area contributed by atoms with E-state index in [0.717, 1.165) is 51.0 Å². The van der Waals surface area contributed by atoms with Gasteiger partial charge in [0.05, 0.1) is 0 Å². The first-order chi connectivity index (χ1) is 10.2. The lowest BCUT2D eigenvalue weighted by atomic mass is 10.2. The molecule has 0 amide bonds. The molecule has 0 aromatic carbocycles. The highest BCUT2D eigenvalue weighted by Gasteiger charge is 2.23. The predicted octanol–water partition coefficient (Wildman–Crippen LogP) is 2.39. The van der Waals surface area contributed by atoms with Gasteiger partial charge < -0.3 is 15.1 Å². The van der Waals surface area contributed by atoms with Crippen LogP contribution in [0.25, 0.3) is 0 Å². The van der Waals surface area contributed by atoms with E-state index in [4.69, 9.17) is 0 Å². The molecule has 21 heavy (non-hydrogen) atoms. The van der Waals surface area contributed by atoms with Crippen LogP contribution >= 0.6 is 0 Å². The Morgan fingerprint density at radius 2 is 1.95 bits per heavy atom. The van der Waals surface area contributed by atoms with E-state index in [0.29, 0.717) is 11.9 Å². The molecule has 0 saturated carbocycles. The average molecular weight is 292 g/mol. The summed E-state index contributed by atoms with van der Waals surface area (Å²) in [5.41, 5.74) is 0. The zero-order valence-electron chi connectivity index (χ0n) is 13.8. The standard InChI is InChI=1S/C15H28N6/c1-5-9-16-13-17-14(20(6-2)7-3)19-15(18-13)21-10-8-12(4)11-21/h12H,5-11H2,1-4H3,(H,16,17,18,19). The molecule has 1 saturated heterocycles. The van der Waals surface area contributed by atoms with Gasteiger partial charge in [-0.25, -0.2) is 0 Å². The van der Waals surface area contributed by atoms with Crippen molar-refractivity contribution < 1.29 is 0 Å². The Kier molecular flexibility index (Phi) is 5.59. The molecule has 6 nitrogen and oxygen atoms in total. The zero-order valence-corrected chi connectivity index (χ0v) is 13.8. The van der Waals surface area contributed by atoms with Crippen LogP contribution in [0.1, 0.15) is 40.5 Å². The van der Waals surface area contributed by atoms with Gasteiger partial charge in [-0.05, 0) is 32.6 Å². The molecule has 0 spiro atoms. The normalized spacial score (nSPS) is 18.1. The van der Waals surface area contributed by atoms with Crippen molar-refractivity contribution in [2.75, 3.05) is 47.8 Å². The lowest BCUT2D eigenvalue weighted by Crippen LogP contribution is -2.28. The first-order valence-corrected chi connectivity index (χ1v) is 8.17. The summed E-state index contributed by atoms with van der Waals surface area (Å²) in [5, 5.41) is 3.30. The average Bonchev–Trinajstić information content (AvgIpc) is 2.93. The van der Waals surface area contributed by atoms with E-state index in [1.165, 1.54) is 6.42 Å². The van der Waals surface area contributed by atoms with Gasteiger partial charge >= 0.3 is 0 Å². The molecular weight excluding hydrogens is 264 g/mol. The number of anilines is 3. The molecule has 1 N–H and O–H groups in total. The van der Waals surface area contributed by atoms with Crippen LogP contribution in [-0.4, -0.2) is 47.7 Å². The van der Waals surface area contributed by atoms with E-state index >= 15 is 0 Å². The summed E-state index contributed by atoms with van der Waals surface area (Å²) in [6.45, 7) is 13.5. The van der Waals surface area contributed by atoms with Crippen molar-refractivity contribution in [2.45, 2.75) is 40.5 Å². The number of nitrogens with one attached hydrogen (secondary N) is 1. The summed E-state index contributed by atoms with van der Waals surface area (Å²) in [4.78, 5) is 18.3. The number of nitrogens with zero attached hydrogens (tertiary/aromatic N) is 5. The minimum absolute atomic E-state index is 0.698. The second-order valence-electron chi connectivity index (χ2n) is 5.70. The monoisotopic (exact) mass is 292 g/mol. The summed E-state index contributed by atoms with van der Waals surface area (Å²) in [5.74, 6) is 3.01. The van der Waals surface area contributed by atoms with E-state index in [2.05, 4.69) is 57.8 Å². The summed E-state index contributed by atoms with van der Waals surface area (Å²) < 4.78 is 0. The predicted molar refractivity (Wildman–Crippen MR) is 88.2 cm³/mol. The maximum atomic E-state index is 4.69. The fourth-order valence-corrected chi connectivity index (χ4v) is 2.58. The minimum Gasteiger partial charge on any atom is -0.354 e. The third-order valence-electron chi connectivity index (χ3n) is 3.90. The highest BCUT2D eigenvalue weighted by molar-refractivity contribution is 5.45. The van der Waals surface area contributed by atoms with Crippen LogP contribution in [0.15, 0.2) is 0 Å². The molecule has 2 heterocycles. The molecule has 1 aromatic heterocycles. The van der Waals surface area contributed by atoms with Crippen molar-refractivity contribution in [2.24, 2.45) is 5.92 Å². The van der Waals surface area contributed by atoms with Crippen LogP contribution in [0.2, 0.25) is 0 Å². The first-order valence-electron chi connectivity index (χ1n) is 8.17. The quantitative estimate of drug-likeness (QED) is 0.833. The summed E-state index contributed by atoms with van der Waals surface area (Å²) in [7, 11) is 0. The molecule has 6 heteroatoms. The van der Waals surface area contributed by atoms with Crippen LogP contribution in [0, 0.1) is 5.92 Å². The first kappa shape index (κ1) is 15.8. The SMILES string of the molecule is CCCNc1nc(N(CC)CC)nc(N2CCC(C)C2)n1. The largest absolute Gasteiger partial charge is 0.354 e. The molecule has 1 aliphatic rings. The van der Waals surface area contributed by atoms with Crippen molar-refractivity contribution in [3.63, 3.8) is 0 Å². The van der Waals surface area contributed by atoms with E-state index in [9.17, 15) is 0 Å². The maximum Gasteiger partial charge on any atom is 0.231 e. The third kappa shape index (κ3) is 3.95. The van der Waals surface area contributed by atoms with E-state index < -0.39 is 0 Å². The molecule has 0 bridgehead atoms. The van der Waals surface area contributed by atoms with Crippen LogP contribution in [0.4, 0.5) is 17.8 Å². The lowest BCUT2D eigenvalue weighted by molar-refractivity contribution is 0.657. The summed E-state index contributed by atoms with van der Waals surface area (Å²) in [6, 6.07) is 0. The maximum absolute atomic E-state index is 4.69. The van der Waals surface area contributed by atoms with Gasteiger partial charge in [-0.2, -0.15) is 15.0 Å². The highest BCUT2D eigenvalue weighted by atomic mass is 15.4. The van der Waals surface area contributed by atoms with Gasteiger partial charge in [0.25, 0.3) is 0 Å². The Morgan fingerprint density at radius 1 is 1.19 bits per heavy atom. The molecule has 1 unspecified atom stereocenters. The van der Waals surface area contributed by atoms with Crippen molar-refractivity contribution in [3.05, 3.63) is 0 Å². The Balaban J connectivity index is 2.27. The second kappa shape index (κ2) is 7.43. The number of rotatable bonds is 7. The fraction of sp³-hybridized carbons (Fsp3) is 0.800. The fourth-order valence-electron chi connectivity index (χ4n) is 2.58. The summed E-state index contributed by atoms with van der Waals surface area (Å²) >= 11 is 0. The Labute approximate surface area is 128 Å². The minimum atomic E-state index is 0.698. The second-order valence-corrected chi connectivity index (χ2v) is 5.70. The number of aromatic nitrogens is 3. The van der Waals surface area contributed by atoms with Crippen LogP contribution < -0.4 is 15.1 Å². The van der Waals surface area contributed by atoms with Gasteiger partial charge in [-0.1, -0.05) is 13.8 Å². The molecule has 1 atom stereocenters. The van der Waals surface area contributed by atoms with E-state index in [-0.39, 0.29) is 0 Å². The topological polar surface area (TPSA) is 57.2 Å².